The summed E-state index contributed by atoms with van der Waals surface area (Å²) in [5, 5.41) is 2.13. The molecule has 19 heavy (non-hydrogen) atoms. The van der Waals surface area contributed by atoms with Gasteiger partial charge in [0.25, 0.3) is 0 Å². The van der Waals surface area contributed by atoms with Gasteiger partial charge in [0, 0.05) is 24.1 Å². The SMILES string of the molecule is CCC(N)C(c1cccs1)N(C)CCOCC1CC1. The normalized spacial score (nSPS) is 18.7. The first kappa shape index (κ1) is 15.0. The Morgan fingerprint density at radius 3 is 2.89 bits per heavy atom. The van der Waals surface area contributed by atoms with Crippen LogP contribution in [-0.4, -0.2) is 37.7 Å². The van der Waals surface area contributed by atoms with Crippen molar-refractivity contribution in [3.63, 3.8) is 0 Å². The van der Waals surface area contributed by atoms with Crippen molar-refractivity contribution in [2.45, 2.75) is 38.3 Å². The third-order valence-corrected chi connectivity index (χ3v) is 4.77. The van der Waals surface area contributed by atoms with Crippen LogP contribution in [0.25, 0.3) is 0 Å². The van der Waals surface area contributed by atoms with E-state index >= 15 is 0 Å². The largest absolute Gasteiger partial charge is 0.380 e. The first-order valence-corrected chi connectivity index (χ1v) is 8.17. The molecule has 0 aromatic carbocycles. The van der Waals surface area contributed by atoms with Crippen LogP contribution in [0, 0.1) is 5.92 Å². The van der Waals surface area contributed by atoms with Crippen molar-refractivity contribution in [1.82, 2.24) is 4.90 Å². The van der Waals surface area contributed by atoms with Crippen LogP contribution in [0.4, 0.5) is 0 Å². The molecule has 0 spiro atoms. The van der Waals surface area contributed by atoms with Crippen molar-refractivity contribution in [2.24, 2.45) is 11.7 Å². The predicted octanol–water partition coefficient (Wildman–Crippen LogP) is 2.88. The molecule has 1 aliphatic rings. The molecule has 0 saturated heterocycles. The van der Waals surface area contributed by atoms with Crippen LogP contribution in [0.15, 0.2) is 17.5 Å². The van der Waals surface area contributed by atoms with Crippen LogP contribution in [0.1, 0.15) is 37.1 Å². The standard InChI is InChI=1S/C15H26N2OS/c1-3-13(16)15(14-5-4-10-19-14)17(2)8-9-18-11-12-6-7-12/h4-5,10,12-13,15H,3,6-9,11,16H2,1-2H3. The van der Waals surface area contributed by atoms with Crippen LogP contribution in [0.5, 0.6) is 0 Å². The van der Waals surface area contributed by atoms with Gasteiger partial charge in [0.2, 0.25) is 0 Å². The van der Waals surface area contributed by atoms with Gasteiger partial charge < -0.3 is 10.5 Å². The van der Waals surface area contributed by atoms with Crippen LogP contribution in [0.2, 0.25) is 0 Å². The lowest BCUT2D eigenvalue weighted by Crippen LogP contribution is -2.39. The zero-order valence-corrected chi connectivity index (χ0v) is 12.9. The van der Waals surface area contributed by atoms with E-state index in [0.29, 0.717) is 6.04 Å². The summed E-state index contributed by atoms with van der Waals surface area (Å²) in [7, 11) is 2.15. The van der Waals surface area contributed by atoms with E-state index in [0.717, 1.165) is 32.1 Å². The Hall–Kier alpha value is -0.420. The molecule has 1 heterocycles. The first-order valence-electron chi connectivity index (χ1n) is 7.29. The Labute approximate surface area is 120 Å². The van der Waals surface area contributed by atoms with E-state index in [2.05, 4.69) is 36.4 Å². The van der Waals surface area contributed by atoms with E-state index < -0.39 is 0 Å². The van der Waals surface area contributed by atoms with Crippen molar-refractivity contribution in [3.8, 4) is 0 Å². The van der Waals surface area contributed by atoms with E-state index in [1.807, 2.05) is 0 Å². The molecule has 1 fully saturated rings. The summed E-state index contributed by atoms with van der Waals surface area (Å²) < 4.78 is 5.73. The van der Waals surface area contributed by atoms with Crippen LogP contribution < -0.4 is 5.73 Å². The summed E-state index contributed by atoms with van der Waals surface area (Å²) >= 11 is 1.79. The number of hydrogen-bond donors (Lipinski definition) is 1. The minimum Gasteiger partial charge on any atom is -0.380 e. The Balaban J connectivity index is 1.82. The number of nitrogens with zero attached hydrogens (tertiary/aromatic N) is 1. The Morgan fingerprint density at radius 2 is 2.32 bits per heavy atom. The molecule has 108 valence electrons. The van der Waals surface area contributed by atoms with E-state index in [-0.39, 0.29) is 6.04 Å². The van der Waals surface area contributed by atoms with E-state index in [9.17, 15) is 0 Å². The third-order valence-electron chi connectivity index (χ3n) is 3.83. The van der Waals surface area contributed by atoms with Crippen molar-refractivity contribution in [3.05, 3.63) is 22.4 Å². The Kier molecular flexibility index (Phi) is 5.82. The molecule has 3 nitrogen and oxygen atoms in total. The fourth-order valence-electron chi connectivity index (χ4n) is 2.32. The molecule has 2 rings (SSSR count). The average Bonchev–Trinajstić information content (AvgIpc) is 3.09. The molecule has 1 aliphatic carbocycles. The molecule has 0 radical (unpaired) electrons. The monoisotopic (exact) mass is 282 g/mol. The fraction of sp³-hybridized carbons (Fsp3) is 0.733. The lowest BCUT2D eigenvalue weighted by molar-refractivity contribution is 0.0868. The van der Waals surface area contributed by atoms with Gasteiger partial charge in [0.1, 0.15) is 0 Å². The maximum Gasteiger partial charge on any atom is 0.0593 e. The third kappa shape index (κ3) is 4.56. The van der Waals surface area contributed by atoms with E-state index in [1.54, 1.807) is 11.3 Å². The molecule has 2 atom stereocenters. The highest BCUT2D eigenvalue weighted by Crippen LogP contribution is 2.29. The minimum atomic E-state index is 0.187. The smallest absolute Gasteiger partial charge is 0.0593 e. The van der Waals surface area contributed by atoms with Gasteiger partial charge in [-0.3, -0.25) is 4.90 Å². The maximum absolute atomic E-state index is 6.30. The molecule has 0 bridgehead atoms. The fourth-order valence-corrected chi connectivity index (χ4v) is 3.29. The highest BCUT2D eigenvalue weighted by atomic mass is 32.1. The molecule has 2 unspecified atom stereocenters. The maximum atomic E-state index is 6.30. The van der Waals surface area contributed by atoms with Gasteiger partial charge in [-0.2, -0.15) is 0 Å². The summed E-state index contributed by atoms with van der Waals surface area (Å²) in [5.74, 6) is 0.844. The zero-order chi connectivity index (χ0) is 13.7. The average molecular weight is 282 g/mol. The molecule has 1 aromatic rings. The molecular formula is C15H26N2OS. The summed E-state index contributed by atoms with van der Waals surface area (Å²) in [6.07, 6.45) is 3.71. The zero-order valence-electron chi connectivity index (χ0n) is 12.0. The summed E-state index contributed by atoms with van der Waals surface area (Å²) in [4.78, 5) is 3.70. The van der Waals surface area contributed by atoms with Crippen LogP contribution in [-0.2, 0) is 4.74 Å². The van der Waals surface area contributed by atoms with Crippen molar-refractivity contribution >= 4 is 11.3 Å². The van der Waals surface area contributed by atoms with Crippen LogP contribution in [0.3, 0.4) is 0 Å². The van der Waals surface area contributed by atoms with Gasteiger partial charge >= 0.3 is 0 Å². The van der Waals surface area contributed by atoms with Gasteiger partial charge in [-0.1, -0.05) is 13.0 Å². The number of thiophene rings is 1. The number of hydrogen-bond acceptors (Lipinski definition) is 4. The quantitative estimate of drug-likeness (QED) is 0.708. The van der Waals surface area contributed by atoms with Gasteiger partial charge in [-0.05, 0) is 43.7 Å². The highest BCUT2D eigenvalue weighted by molar-refractivity contribution is 7.10. The summed E-state index contributed by atoms with van der Waals surface area (Å²) in [6, 6.07) is 4.79. The summed E-state index contributed by atoms with van der Waals surface area (Å²) in [5.41, 5.74) is 6.30. The second-order valence-corrected chi connectivity index (χ2v) is 6.51. The lowest BCUT2D eigenvalue weighted by atomic mass is 10.0. The minimum absolute atomic E-state index is 0.187. The molecule has 1 saturated carbocycles. The molecule has 0 amide bonds. The second-order valence-electron chi connectivity index (χ2n) is 5.53. The number of ether oxygens (including phenoxy) is 1. The number of likely N-dealkylation sites (N-methyl/N-ethyl adjacent to an activating group) is 1. The molecular weight excluding hydrogens is 256 g/mol. The molecule has 2 N–H and O–H groups in total. The molecule has 4 heteroatoms. The van der Waals surface area contributed by atoms with Gasteiger partial charge in [0.05, 0.1) is 12.6 Å². The lowest BCUT2D eigenvalue weighted by Gasteiger charge is -2.31. The topological polar surface area (TPSA) is 38.5 Å². The summed E-state index contributed by atoms with van der Waals surface area (Å²) in [6.45, 7) is 4.86. The van der Waals surface area contributed by atoms with Gasteiger partial charge in [0.15, 0.2) is 0 Å². The molecule has 1 aromatic heterocycles. The Bertz CT molecular complexity index is 351. The van der Waals surface area contributed by atoms with Crippen LogP contribution >= 0.6 is 11.3 Å². The van der Waals surface area contributed by atoms with Crippen molar-refractivity contribution in [1.29, 1.82) is 0 Å². The van der Waals surface area contributed by atoms with Crippen molar-refractivity contribution < 1.29 is 4.74 Å². The highest BCUT2D eigenvalue weighted by Gasteiger charge is 2.24. The predicted molar refractivity (Wildman–Crippen MR) is 81.5 cm³/mol. The van der Waals surface area contributed by atoms with E-state index in [4.69, 9.17) is 10.5 Å². The Morgan fingerprint density at radius 1 is 1.53 bits per heavy atom. The number of rotatable bonds is 9. The van der Waals surface area contributed by atoms with E-state index in [1.165, 1.54) is 17.7 Å². The first-order chi connectivity index (χ1) is 9.22. The van der Waals surface area contributed by atoms with Crippen molar-refractivity contribution in [2.75, 3.05) is 26.8 Å². The molecule has 0 aliphatic heterocycles. The van der Waals surface area contributed by atoms with Gasteiger partial charge in [-0.25, -0.2) is 0 Å². The van der Waals surface area contributed by atoms with Gasteiger partial charge in [-0.15, -0.1) is 11.3 Å². The second kappa shape index (κ2) is 7.39. The number of nitrogens with two attached hydrogens (primary N) is 1.